The van der Waals surface area contributed by atoms with Crippen LogP contribution >= 0.6 is 0 Å². The van der Waals surface area contributed by atoms with Gasteiger partial charge >= 0.3 is 0 Å². The second-order valence-electron chi connectivity index (χ2n) is 5.17. The van der Waals surface area contributed by atoms with Crippen molar-refractivity contribution in [1.29, 1.82) is 0 Å². The molecule has 2 nitrogen and oxygen atoms in total. The van der Waals surface area contributed by atoms with Crippen molar-refractivity contribution in [3.63, 3.8) is 0 Å². The van der Waals surface area contributed by atoms with Crippen LogP contribution in [0, 0.1) is 0 Å². The predicted octanol–water partition coefficient (Wildman–Crippen LogP) is 2.64. The summed E-state index contributed by atoms with van der Waals surface area (Å²) >= 11 is 0. The lowest BCUT2D eigenvalue weighted by Crippen LogP contribution is -2.40. The molecule has 0 radical (unpaired) electrons. The van der Waals surface area contributed by atoms with E-state index in [2.05, 4.69) is 37.9 Å². The first kappa shape index (κ1) is 13.0. The first-order valence-electron chi connectivity index (χ1n) is 6.64. The van der Waals surface area contributed by atoms with Gasteiger partial charge in [0.1, 0.15) is 0 Å². The fraction of sp³-hybridized carbons (Fsp3) is 1.00. The maximum atomic E-state index is 3.57. The van der Waals surface area contributed by atoms with Crippen molar-refractivity contribution >= 4 is 0 Å². The molecule has 0 aliphatic carbocycles. The summed E-state index contributed by atoms with van der Waals surface area (Å²) in [6.45, 7) is 11.8. The summed E-state index contributed by atoms with van der Waals surface area (Å²) in [6, 6.07) is 2.20. The van der Waals surface area contributed by atoms with E-state index in [-0.39, 0.29) is 0 Å². The number of hydrogen-bond acceptors (Lipinski definition) is 2. The lowest BCUT2D eigenvalue weighted by molar-refractivity contribution is 0.183. The molecule has 2 heteroatoms. The Morgan fingerprint density at radius 1 is 1.40 bits per heavy atom. The molecule has 0 aromatic rings. The smallest absolute Gasteiger partial charge is 0.00844 e. The van der Waals surface area contributed by atoms with E-state index in [4.69, 9.17) is 0 Å². The van der Waals surface area contributed by atoms with Crippen molar-refractivity contribution in [2.75, 3.05) is 13.1 Å². The quantitative estimate of drug-likeness (QED) is 0.728. The molecule has 1 heterocycles. The Morgan fingerprint density at radius 2 is 2.13 bits per heavy atom. The van der Waals surface area contributed by atoms with Gasteiger partial charge in [-0.2, -0.15) is 0 Å². The van der Waals surface area contributed by atoms with Crippen LogP contribution in [-0.2, 0) is 0 Å². The standard InChI is InChI=1S/C13H28N2/c1-5-8-14-11(2)10-13(4)15-9-6-7-12(15)3/h11-14H,5-10H2,1-4H3. The number of hydrogen-bond donors (Lipinski definition) is 1. The lowest BCUT2D eigenvalue weighted by atomic mass is 10.1. The van der Waals surface area contributed by atoms with Gasteiger partial charge in [-0.15, -0.1) is 0 Å². The largest absolute Gasteiger partial charge is 0.314 e. The van der Waals surface area contributed by atoms with Gasteiger partial charge in [0.05, 0.1) is 0 Å². The Kier molecular flexibility index (Phi) is 5.62. The Bertz CT molecular complexity index is 170. The Hall–Kier alpha value is -0.0800. The lowest BCUT2D eigenvalue weighted by Gasteiger charge is -2.30. The normalized spacial score (nSPS) is 26.8. The molecule has 3 atom stereocenters. The molecule has 1 aliphatic rings. The van der Waals surface area contributed by atoms with Crippen LogP contribution in [0.2, 0.25) is 0 Å². The molecule has 0 bridgehead atoms. The summed E-state index contributed by atoms with van der Waals surface area (Å²) in [5.41, 5.74) is 0. The van der Waals surface area contributed by atoms with Crippen LogP contribution in [0.4, 0.5) is 0 Å². The topological polar surface area (TPSA) is 15.3 Å². The number of likely N-dealkylation sites (tertiary alicyclic amines) is 1. The molecule has 90 valence electrons. The first-order valence-corrected chi connectivity index (χ1v) is 6.64. The molecular weight excluding hydrogens is 184 g/mol. The van der Waals surface area contributed by atoms with E-state index in [0.717, 1.165) is 18.6 Å². The van der Waals surface area contributed by atoms with Crippen molar-refractivity contribution in [3.05, 3.63) is 0 Å². The second-order valence-corrected chi connectivity index (χ2v) is 5.17. The van der Waals surface area contributed by atoms with E-state index >= 15 is 0 Å². The van der Waals surface area contributed by atoms with E-state index in [9.17, 15) is 0 Å². The van der Waals surface area contributed by atoms with Gasteiger partial charge in [-0.25, -0.2) is 0 Å². The molecule has 0 aromatic carbocycles. The first-order chi connectivity index (χ1) is 7.15. The number of nitrogens with one attached hydrogen (secondary N) is 1. The van der Waals surface area contributed by atoms with E-state index < -0.39 is 0 Å². The highest BCUT2D eigenvalue weighted by atomic mass is 15.2. The molecule has 0 aromatic heterocycles. The second kappa shape index (κ2) is 6.49. The third-order valence-corrected chi connectivity index (χ3v) is 3.61. The van der Waals surface area contributed by atoms with E-state index in [1.807, 2.05) is 0 Å². The Morgan fingerprint density at radius 3 is 2.67 bits per heavy atom. The minimum absolute atomic E-state index is 0.660. The van der Waals surface area contributed by atoms with Crippen LogP contribution in [0.1, 0.15) is 53.4 Å². The van der Waals surface area contributed by atoms with Crippen LogP contribution < -0.4 is 5.32 Å². The van der Waals surface area contributed by atoms with Gasteiger partial charge in [0.15, 0.2) is 0 Å². The molecule has 1 aliphatic heterocycles. The van der Waals surface area contributed by atoms with Crippen LogP contribution in [0.15, 0.2) is 0 Å². The fourth-order valence-corrected chi connectivity index (χ4v) is 2.73. The van der Waals surface area contributed by atoms with Crippen molar-refractivity contribution in [3.8, 4) is 0 Å². The van der Waals surface area contributed by atoms with Crippen molar-refractivity contribution in [2.24, 2.45) is 0 Å². The minimum Gasteiger partial charge on any atom is -0.314 e. The van der Waals surface area contributed by atoms with E-state index in [0.29, 0.717) is 6.04 Å². The van der Waals surface area contributed by atoms with Crippen LogP contribution in [0.25, 0.3) is 0 Å². The number of rotatable bonds is 6. The fourth-order valence-electron chi connectivity index (χ4n) is 2.73. The third-order valence-electron chi connectivity index (χ3n) is 3.61. The molecule has 1 fully saturated rings. The van der Waals surface area contributed by atoms with Crippen LogP contribution in [-0.4, -0.2) is 36.1 Å². The molecule has 1 N–H and O–H groups in total. The zero-order valence-corrected chi connectivity index (χ0v) is 10.9. The number of nitrogens with zero attached hydrogens (tertiary/aromatic N) is 1. The molecule has 3 unspecified atom stereocenters. The highest BCUT2D eigenvalue weighted by molar-refractivity contribution is 4.81. The average Bonchev–Trinajstić information content (AvgIpc) is 2.61. The summed E-state index contributed by atoms with van der Waals surface area (Å²) in [7, 11) is 0. The zero-order valence-electron chi connectivity index (χ0n) is 10.9. The Labute approximate surface area is 95.4 Å². The van der Waals surface area contributed by atoms with Crippen molar-refractivity contribution < 1.29 is 0 Å². The highest BCUT2D eigenvalue weighted by Crippen LogP contribution is 2.21. The van der Waals surface area contributed by atoms with E-state index in [1.165, 1.54) is 32.2 Å². The summed E-state index contributed by atoms with van der Waals surface area (Å²) in [5, 5.41) is 3.57. The summed E-state index contributed by atoms with van der Waals surface area (Å²) in [4.78, 5) is 2.67. The summed E-state index contributed by atoms with van der Waals surface area (Å²) in [5.74, 6) is 0. The summed E-state index contributed by atoms with van der Waals surface area (Å²) in [6.07, 6.45) is 5.30. The van der Waals surface area contributed by atoms with Crippen LogP contribution in [0.3, 0.4) is 0 Å². The van der Waals surface area contributed by atoms with Gasteiger partial charge < -0.3 is 5.32 Å². The molecular formula is C13H28N2. The van der Waals surface area contributed by atoms with Gasteiger partial charge in [0.25, 0.3) is 0 Å². The molecule has 0 spiro atoms. The zero-order chi connectivity index (χ0) is 11.3. The highest BCUT2D eigenvalue weighted by Gasteiger charge is 2.25. The average molecular weight is 212 g/mol. The monoisotopic (exact) mass is 212 g/mol. The maximum absolute atomic E-state index is 3.57. The molecule has 1 saturated heterocycles. The van der Waals surface area contributed by atoms with Crippen molar-refractivity contribution in [1.82, 2.24) is 10.2 Å². The predicted molar refractivity (Wildman–Crippen MR) is 67.2 cm³/mol. The van der Waals surface area contributed by atoms with Gasteiger partial charge in [0.2, 0.25) is 0 Å². The molecule has 15 heavy (non-hydrogen) atoms. The van der Waals surface area contributed by atoms with Crippen molar-refractivity contribution in [2.45, 2.75) is 71.5 Å². The van der Waals surface area contributed by atoms with Gasteiger partial charge in [-0.05, 0) is 59.5 Å². The van der Waals surface area contributed by atoms with Gasteiger partial charge in [-0.3, -0.25) is 4.90 Å². The third kappa shape index (κ3) is 4.12. The summed E-state index contributed by atoms with van der Waals surface area (Å²) < 4.78 is 0. The maximum Gasteiger partial charge on any atom is 0.00844 e. The SMILES string of the molecule is CCCNC(C)CC(C)N1CCCC1C. The Balaban J connectivity index is 2.24. The molecule has 0 saturated carbocycles. The molecule has 1 rings (SSSR count). The van der Waals surface area contributed by atoms with Gasteiger partial charge in [-0.1, -0.05) is 6.92 Å². The van der Waals surface area contributed by atoms with E-state index in [1.54, 1.807) is 0 Å². The minimum atomic E-state index is 0.660. The van der Waals surface area contributed by atoms with Crippen LogP contribution in [0.5, 0.6) is 0 Å². The van der Waals surface area contributed by atoms with Gasteiger partial charge in [0, 0.05) is 18.1 Å². The molecule has 0 amide bonds.